The summed E-state index contributed by atoms with van der Waals surface area (Å²) in [5.41, 5.74) is 0.934. The number of ether oxygens (including phenoxy) is 3. The van der Waals surface area contributed by atoms with Gasteiger partial charge in [0.15, 0.2) is 11.5 Å². The molecule has 0 spiro atoms. The van der Waals surface area contributed by atoms with Crippen LogP contribution in [-0.2, 0) is 11.2 Å². The lowest BCUT2D eigenvalue weighted by atomic mass is 9.95. The standard InChI is InChI=1S/C18H28N2O4.ClH/c1-12-11-19-10-9-14(12)20-16(21)8-6-13-5-7-15(22-2)18(24-4)17(13)23-3;/h5,7,12,14,19H,6,8-11H2,1-4H3,(H,20,21);1H. The molecule has 1 amide bonds. The smallest absolute Gasteiger partial charge is 0.220 e. The Morgan fingerprint density at radius 3 is 2.52 bits per heavy atom. The summed E-state index contributed by atoms with van der Waals surface area (Å²) in [6, 6.07) is 4.01. The molecule has 1 aliphatic rings. The van der Waals surface area contributed by atoms with Crippen LogP contribution in [0.15, 0.2) is 12.1 Å². The molecule has 2 atom stereocenters. The van der Waals surface area contributed by atoms with Crippen molar-refractivity contribution in [2.45, 2.75) is 32.2 Å². The number of aryl methyl sites for hydroxylation is 1. The highest BCUT2D eigenvalue weighted by Gasteiger charge is 2.23. The average Bonchev–Trinajstić information content (AvgIpc) is 2.60. The molecule has 1 saturated heterocycles. The maximum absolute atomic E-state index is 12.3. The highest BCUT2D eigenvalue weighted by molar-refractivity contribution is 5.85. The minimum atomic E-state index is 0. The van der Waals surface area contributed by atoms with Crippen molar-refractivity contribution in [3.05, 3.63) is 17.7 Å². The van der Waals surface area contributed by atoms with Gasteiger partial charge in [-0.25, -0.2) is 0 Å². The summed E-state index contributed by atoms with van der Waals surface area (Å²) < 4.78 is 16.1. The Balaban J connectivity index is 0.00000312. The van der Waals surface area contributed by atoms with Crippen LogP contribution in [0.1, 0.15) is 25.3 Å². The molecular formula is C18H29ClN2O4. The van der Waals surface area contributed by atoms with Gasteiger partial charge in [-0.2, -0.15) is 0 Å². The minimum Gasteiger partial charge on any atom is -0.493 e. The molecule has 0 aliphatic carbocycles. The fourth-order valence-electron chi connectivity index (χ4n) is 3.12. The molecule has 0 bridgehead atoms. The average molecular weight is 373 g/mol. The van der Waals surface area contributed by atoms with E-state index in [9.17, 15) is 4.79 Å². The molecule has 2 unspecified atom stereocenters. The molecule has 1 aromatic rings. The van der Waals surface area contributed by atoms with E-state index < -0.39 is 0 Å². The first-order chi connectivity index (χ1) is 11.6. The fraction of sp³-hybridized carbons (Fsp3) is 0.611. The predicted molar refractivity (Wildman–Crippen MR) is 100 cm³/mol. The first-order valence-electron chi connectivity index (χ1n) is 8.38. The van der Waals surface area contributed by atoms with Gasteiger partial charge < -0.3 is 24.8 Å². The van der Waals surface area contributed by atoms with Crippen LogP contribution in [0.4, 0.5) is 0 Å². The summed E-state index contributed by atoms with van der Waals surface area (Å²) in [4.78, 5) is 12.3. The summed E-state index contributed by atoms with van der Waals surface area (Å²) in [5.74, 6) is 2.33. The van der Waals surface area contributed by atoms with Crippen LogP contribution in [0.3, 0.4) is 0 Å². The molecular weight excluding hydrogens is 344 g/mol. The van der Waals surface area contributed by atoms with E-state index in [-0.39, 0.29) is 24.4 Å². The van der Waals surface area contributed by atoms with Crippen molar-refractivity contribution in [2.75, 3.05) is 34.4 Å². The van der Waals surface area contributed by atoms with Gasteiger partial charge in [0.2, 0.25) is 11.7 Å². The van der Waals surface area contributed by atoms with E-state index in [4.69, 9.17) is 14.2 Å². The molecule has 1 aliphatic heterocycles. The van der Waals surface area contributed by atoms with Gasteiger partial charge in [-0.3, -0.25) is 4.79 Å². The van der Waals surface area contributed by atoms with Gasteiger partial charge in [-0.1, -0.05) is 13.0 Å². The lowest BCUT2D eigenvalue weighted by Gasteiger charge is -2.30. The van der Waals surface area contributed by atoms with Crippen molar-refractivity contribution in [1.82, 2.24) is 10.6 Å². The van der Waals surface area contributed by atoms with Gasteiger partial charge >= 0.3 is 0 Å². The molecule has 1 heterocycles. The molecule has 2 N–H and O–H groups in total. The van der Waals surface area contributed by atoms with Gasteiger partial charge in [-0.05, 0) is 43.5 Å². The second-order valence-corrected chi connectivity index (χ2v) is 6.14. The molecule has 1 fully saturated rings. The molecule has 0 saturated carbocycles. The van der Waals surface area contributed by atoms with Crippen LogP contribution in [0.2, 0.25) is 0 Å². The summed E-state index contributed by atoms with van der Waals surface area (Å²) in [6.45, 7) is 4.07. The number of hydrogen-bond acceptors (Lipinski definition) is 5. The lowest BCUT2D eigenvalue weighted by Crippen LogP contribution is -2.48. The zero-order chi connectivity index (χ0) is 17.5. The zero-order valence-electron chi connectivity index (χ0n) is 15.4. The van der Waals surface area contributed by atoms with Crippen LogP contribution >= 0.6 is 12.4 Å². The topological polar surface area (TPSA) is 68.8 Å². The van der Waals surface area contributed by atoms with Crippen molar-refractivity contribution < 1.29 is 19.0 Å². The summed E-state index contributed by atoms with van der Waals surface area (Å²) >= 11 is 0. The predicted octanol–water partition coefficient (Wildman–Crippen LogP) is 2.18. The van der Waals surface area contributed by atoms with Crippen LogP contribution in [0.25, 0.3) is 0 Å². The molecule has 142 valence electrons. The van der Waals surface area contributed by atoms with Crippen LogP contribution in [0.5, 0.6) is 17.2 Å². The van der Waals surface area contributed by atoms with Crippen molar-refractivity contribution in [2.24, 2.45) is 5.92 Å². The molecule has 0 aromatic heterocycles. The third-order valence-corrected chi connectivity index (χ3v) is 4.54. The quantitative estimate of drug-likeness (QED) is 0.767. The zero-order valence-corrected chi connectivity index (χ0v) is 16.2. The molecule has 6 nitrogen and oxygen atoms in total. The normalized spacial score (nSPS) is 19.5. The van der Waals surface area contributed by atoms with Crippen molar-refractivity contribution in [1.29, 1.82) is 0 Å². The number of piperidine rings is 1. The van der Waals surface area contributed by atoms with Crippen LogP contribution < -0.4 is 24.8 Å². The van der Waals surface area contributed by atoms with E-state index in [1.54, 1.807) is 21.3 Å². The summed E-state index contributed by atoms with van der Waals surface area (Å²) in [6.07, 6.45) is 1.99. The number of amides is 1. The highest BCUT2D eigenvalue weighted by Crippen LogP contribution is 2.40. The number of hydrogen-bond donors (Lipinski definition) is 2. The van der Waals surface area contributed by atoms with E-state index >= 15 is 0 Å². The molecule has 2 rings (SSSR count). The van der Waals surface area contributed by atoms with E-state index in [0.29, 0.717) is 36.0 Å². The molecule has 0 radical (unpaired) electrons. The first kappa shape index (κ1) is 21.4. The van der Waals surface area contributed by atoms with Gasteiger partial charge in [0.1, 0.15) is 0 Å². The number of carbonyl (C=O) groups excluding carboxylic acids is 1. The second kappa shape index (κ2) is 10.4. The SMILES string of the molecule is COc1ccc(CCC(=O)NC2CCNCC2C)c(OC)c1OC.Cl. The Kier molecular flexibility index (Phi) is 8.86. The Bertz CT molecular complexity index is 568. The van der Waals surface area contributed by atoms with Crippen molar-refractivity contribution in [3.8, 4) is 17.2 Å². The third kappa shape index (κ3) is 5.41. The monoisotopic (exact) mass is 372 g/mol. The Morgan fingerprint density at radius 1 is 1.20 bits per heavy atom. The summed E-state index contributed by atoms with van der Waals surface area (Å²) in [5, 5.41) is 6.49. The van der Waals surface area contributed by atoms with Gasteiger partial charge in [0.05, 0.1) is 21.3 Å². The number of carbonyl (C=O) groups is 1. The second-order valence-electron chi connectivity index (χ2n) is 6.14. The van der Waals surface area contributed by atoms with Crippen LogP contribution in [-0.4, -0.2) is 46.4 Å². The van der Waals surface area contributed by atoms with Gasteiger partial charge in [0, 0.05) is 12.5 Å². The Morgan fingerprint density at radius 2 is 1.92 bits per heavy atom. The van der Waals surface area contributed by atoms with Crippen LogP contribution in [0, 0.1) is 5.92 Å². The third-order valence-electron chi connectivity index (χ3n) is 4.54. The number of methoxy groups -OCH3 is 3. The maximum atomic E-state index is 12.3. The van der Waals surface area contributed by atoms with Crippen molar-refractivity contribution >= 4 is 18.3 Å². The van der Waals surface area contributed by atoms with E-state index in [1.807, 2.05) is 12.1 Å². The molecule has 7 heteroatoms. The summed E-state index contributed by atoms with van der Waals surface area (Å²) in [7, 11) is 4.76. The Hall–Kier alpha value is -1.66. The van der Waals surface area contributed by atoms with Gasteiger partial charge in [0.25, 0.3) is 0 Å². The van der Waals surface area contributed by atoms with Gasteiger partial charge in [-0.15, -0.1) is 12.4 Å². The van der Waals surface area contributed by atoms with E-state index in [2.05, 4.69) is 17.6 Å². The van der Waals surface area contributed by atoms with E-state index in [0.717, 1.165) is 25.1 Å². The number of benzene rings is 1. The molecule has 1 aromatic carbocycles. The van der Waals surface area contributed by atoms with E-state index in [1.165, 1.54) is 0 Å². The first-order valence-corrected chi connectivity index (χ1v) is 8.38. The number of rotatable bonds is 7. The Labute approximate surface area is 156 Å². The number of nitrogens with one attached hydrogen (secondary N) is 2. The minimum absolute atomic E-state index is 0. The van der Waals surface area contributed by atoms with Crippen molar-refractivity contribution in [3.63, 3.8) is 0 Å². The molecule has 25 heavy (non-hydrogen) atoms. The maximum Gasteiger partial charge on any atom is 0.220 e. The fourth-order valence-corrected chi connectivity index (χ4v) is 3.12. The highest BCUT2D eigenvalue weighted by atomic mass is 35.5. The number of halogens is 1. The largest absolute Gasteiger partial charge is 0.493 e. The lowest BCUT2D eigenvalue weighted by molar-refractivity contribution is -0.122.